The van der Waals surface area contributed by atoms with Gasteiger partial charge in [0.25, 0.3) is 5.91 Å². The Morgan fingerprint density at radius 2 is 1.90 bits per heavy atom. The minimum absolute atomic E-state index is 0.152. The van der Waals surface area contributed by atoms with E-state index in [9.17, 15) is 4.79 Å². The van der Waals surface area contributed by atoms with Crippen molar-refractivity contribution in [3.8, 4) is 11.3 Å². The summed E-state index contributed by atoms with van der Waals surface area (Å²) in [5, 5.41) is 6.12. The molecule has 0 saturated carbocycles. The second-order valence-electron chi connectivity index (χ2n) is 7.12. The van der Waals surface area contributed by atoms with Gasteiger partial charge in [0.2, 0.25) is 5.95 Å². The van der Waals surface area contributed by atoms with E-state index in [4.69, 9.17) is 16.2 Å². The van der Waals surface area contributed by atoms with Crippen LogP contribution in [0.3, 0.4) is 0 Å². The van der Waals surface area contributed by atoms with Crippen molar-refractivity contribution in [1.29, 1.82) is 0 Å². The Kier molecular flexibility index (Phi) is 5.76. The van der Waals surface area contributed by atoms with Crippen LogP contribution in [0.25, 0.3) is 11.3 Å². The van der Waals surface area contributed by atoms with E-state index in [0.29, 0.717) is 48.3 Å². The van der Waals surface area contributed by atoms with Crippen LogP contribution in [-0.2, 0) is 11.3 Å². The molecule has 0 unspecified atom stereocenters. The summed E-state index contributed by atoms with van der Waals surface area (Å²) in [4.78, 5) is 21.2. The molecule has 2 aliphatic heterocycles. The van der Waals surface area contributed by atoms with E-state index in [-0.39, 0.29) is 5.91 Å². The molecular formula is C22H24N6O2. The maximum Gasteiger partial charge on any atom is 0.251 e. The number of fused-ring (bicyclic) bond motifs is 9. The zero-order chi connectivity index (χ0) is 20.9. The third-order valence-electron chi connectivity index (χ3n) is 4.90. The zero-order valence-electron chi connectivity index (χ0n) is 16.5. The lowest BCUT2D eigenvalue weighted by Gasteiger charge is -2.11. The van der Waals surface area contributed by atoms with E-state index in [2.05, 4.69) is 20.6 Å². The molecule has 0 atom stereocenters. The van der Waals surface area contributed by atoms with Gasteiger partial charge in [0.05, 0.1) is 12.3 Å². The van der Waals surface area contributed by atoms with Crippen LogP contribution in [0.15, 0.2) is 48.7 Å². The molecular weight excluding hydrogens is 380 g/mol. The second kappa shape index (κ2) is 8.79. The molecule has 2 aliphatic rings. The molecule has 1 aromatic heterocycles. The first-order valence-corrected chi connectivity index (χ1v) is 9.84. The number of hydrogen-bond donors (Lipinski definition) is 4. The number of benzene rings is 2. The first-order chi connectivity index (χ1) is 14.6. The van der Waals surface area contributed by atoms with Crippen LogP contribution in [-0.4, -0.2) is 29.0 Å². The fourth-order valence-electron chi connectivity index (χ4n) is 3.26. The van der Waals surface area contributed by atoms with Crippen LogP contribution in [0.2, 0.25) is 0 Å². The lowest BCUT2D eigenvalue weighted by molar-refractivity contribution is 0.0946. The number of anilines is 4. The monoisotopic (exact) mass is 404 g/mol. The quantitative estimate of drug-likeness (QED) is 0.424. The van der Waals surface area contributed by atoms with Gasteiger partial charge in [0.1, 0.15) is 0 Å². The maximum atomic E-state index is 12.4. The topological polar surface area (TPSA) is 128 Å². The normalized spacial score (nSPS) is 14.7. The molecule has 0 spiro atoms. The number of carbonyl (C=O) groups excluding carboxylic acids is 1. The first kappa shape index (κ1) is 19.7. The number of nitrogen functional groups attached to an aromatic ring is 2. The van der Waals surface area contributed by atoms with Gasteiger partial charge >= 0.3 is 0 Å². The van der Waals surface area contributed by atoms with Gasteiger partial charge in [-0.2, -0.15) is 0 Å². The highest BCUT2D eigenvalue weighted by atomic mass is 16.5. The van der Waals surface area contributed by atoms with Crippen molar-refractivity contribution in [3.05, 3.63) is 59.8 Å². The van der Waals surface area contributed by atoms with E-state index in [1.165, 1.54) is 0 Å². The number of carbonyl (C=O) groups is 1. The van der Waals surface area contributed by atoms with Gasteiger partial charge in [0, 0.05) is 53.1 Å². The number of nitrogens with two attached hydrogens (primary N) is 2. The number of aromatic nitrogens is 2. The van der Waals surface area contributed by atoms with Crippen LogP contribution in [0, 0.1) is 0 Å². The Morgan fingerprint density at radius 3 is 2.77 bits per heavy atom. The van der Waals surface area contributed by atoms with Gasteiger partial charge in [-0.1, -0.05) is 0 Å². The van der Waals surface area contributed by atoms with Crippen LogP contribution >= 0.6 is 0 Å². The zero-order valence-corrected chi connectivity index (χ0v) is 16.5. The van der Waals surface area contributed by atoms with Gasteiger partial charge < -0.3 is 26.8 Å². The minimum atomic E-state index is -0.152. The van der Waals surface area contributed by atoms with Gasteiger partial charge in [-0.05, 0) is 55.3 Å². The van der Waals surface area contributed by atoms with Crippen molar-refractivity contribution >= 4 is 28.9 Å². The Morgan fingerprint density at radius 1 is 1.00 bits per heavy atom. The number of rotatable bonds is 0. The highest BCUT2D eigenvalue weighted by Gasteiger charge is 2.12. The molecule has 8 heteroatoms. The summed E-state index contributed by atoms with van der Waals surface area (Å²) in [5.74, 6) is 0.282. The van der Waals surface area contributed by atoms with Crippen molar-refractivity contribution < 1.29 is 9.53 Å². The number of nitrogens with zero attached hydrogens (tertiary/aromatic N) is 2. The lowest BCUT2D eigenvalue weighted by Crippen LogP contribution is -2.24. The van der Waals surface area contributed by atoms with E-state index in [1.54, 1.807) is 30.5 Å². The van der Waals surface area contributed by atoms with Gasteiger partial charge in [-0.15, -0.1) is 0 Å². The van der Waals surface area contributed by atoms with Crippen molar-refractivity contribution in [2.45, 2.75) is 19.4 Å². The SMILES string of the molecule is Nc1ccc2cc1COCCCCNC(=O)c1ccc(c(N)c1)-c1ccnc(n1)N2. The summed E-state index contributed by atoms with van der Waals surface area (Å²) >= 11 is 0. The summed E-state index contributed by atoms with van der Waals surface area (Å²) in [6.07, 6.45) is 3.31. The minimum Gasteiger partial charge on any atom is -0.398 e. The van der Waals surface area contributed by atoms with E-state index >= 15 is 0 Å². The summed E-state index contributed by atoms with van der Waals surface area (Å²) in [6.45, 7) is 1.56. The van der Waals surface area contributed by atoms with E-state index in [1.807, 2.05) is 18.2 Å². The summed E-state index contributed by atoms with van der Waals surface area (Å²) in [7, 11) is 0. The Balaban J connectivity index is 1.69. The smallest absolute Gasteiger partial charge is 0.251 e. The number of ether oxygens (including phenoxy) is 1. The largest absolute Gasteiger partial charge is 0.398 e. The molecule has 6 bridgehead atoms. The average Bonchev–Trinajstić information content (AvgIpc) is 2.74. The van der Waals surface area contributed by atoms with Gasteiger partial charge in [-0.3, -0.25) is 4.79 Å². The van der Waals surface area contributed by atoms with Crippen molar-refractivity contribution in [2.75, 3.05) is 29.9 Å². The Labute approximate surface area is 174 Å². The summed E-state index contributed by atoms with van der Waals surface area (Å²) in [6, 6.07) is 12.6. The molecule has 30 heavy (non-hydrogen) atoms. The molecule has 3 heterocycles. The highest BCUT2D eigenvalue weighted by Crippen LogP contribution is 2.27. The molecule has 8 nitrogen and oxygen atoms in total. The number of nitrogens with one attached hydrogen (secondary N) is 2. The molecule has 3 aromatic rings. The molecule has 154 valence electrons. The molecule has 6 N–H and O–H groups in total. The van der Waals surface area contributed by atoms with Crippen LogP contribution in [0.5, 0.6) is 0 Å². The van der Waals surface area contributed by atoms with Crippen LogP contribution < -0.4 is 22.1 Å². The van der Waals surface area contributed by atoms with Crippen LogP contribution in [0.1, 0.15) is 28.8 Å². The van der Waals surface area contributed by atoms with Gasteiger partial charge in [0.15, 0.2) is 0 Å². The third-order valence-corrected chi connectivity index (χ3v) is 4.90. The van der Waals surface area contributed by atoms with Crippen LogP contribution in [0.4, 0.5) is 23.0 Å². The van der Waals surface area contributed by atoms with E-state index < -0.39 is 0 Å². The maximum absolute atomic E-state index is 12.4. The standard InChI is InChI=1S/C22H24N6O2/c23-18-6-4-16-11-15(18)13-30-10-2-1-8-25-21(29)14-3-5-17(19(24)12-14)20-7-9-26-22(27-16)28-20/h3-7,9,11-12H,1-2,8,10,13,23-24H2,(H,25,29)(H,26,27,28). The lowest BCUT2D eigenvalue weighted by atomic mass is 10.1. The summed E-state index contributed by atoms with van der Waals surface area (Å²) < 4.78 is 5.75. The third kappa shape index (κ3) is 4.49. The molecule has 1 amide bonds. The predicted octanol–water partition coefficient (Wildman–Crippen LogP) is 3.09. The number of hydrogen-bond acceptors (Lipinski definition) is 7. The Hall–Kier alpha value is -3.65. The number of amides is 1. The van der Waals surface area contributed by atoms with Gasteiger partial charge in [-0.25, -0.2) is 9.97 Å². The Bertz CT molecular complexity index is 1070. The van der Waals surface area contributed by atoms with Crippen molar-refractivity contribution in [1.82, 2.24) is 15.3 Å². The molecule has 5 rings (SSSR count). The fourth-order valence-corrected chi connectivity index (χ4v) is 3.26. The van der Waals surface area contributed by atoms with E-state index in [0.717, 1.165) is 29.7 Å². The predicted molar refractivity (Wildman–Crippen MR) is 117 cm³/mol. The average molecular weight is 404 g/mol. The first-order valence-electron chi connectivity index (χ1n) is 9.84. The second-order valence-corrected chi connectivity index (χ2v) is 7.12. The molecule has 0 fully saturated rings. The molecule has 0 aliphatic carbocycles. The summed E-state index contributed by atoms with van der Waals surface area (Å²) in [5.41, 5.74) is 17.1. The fraction of sp³-hybridized carbons (Fsp3) is 0.227. The molecule has 2 aromatic carbocycles. The highest BCUT2D eigenvalue weighted by molar-refractivity contribution is 5.96. The molecule has 0 radical (unpaired) electrons. The molecule has 0 saturated heterocycles. The van der Waals surface area contributed by atoms with Crippen molar-refractivity contribution in [3.63, 3.8) is 0 Å². The van der Waals surface area contributed by atoms with Crippen molar-refractivity contribution in [2.24, 2.45) is 0 Å².